The smallest absolute Gasteiger partial charge is 0.226 e. The summed E-state index contributed by atoms with van der Waals surface area (Å²) in [5, 5.41) is 12.9. The van der Waals surface area contributed by atoms with Gasteiger partial charge in [0.1, 0.15) is 5.15 Å². The minimum absolute atomic E-state index is 0.0617. The van der Waals surface area contributed by atoms with E-state index in [9.17, 15) is 18.3 Å². The number of nitrogens with zero attached hydrogens (tertiary/aromatic N) is 2. The van der Waals surface area contributed by atoms with Gasteiger partial charge < -0.3 is 10.4 Å². The molecule has 1 saturated carbocycles. The summed E-state index contributed by atoms with van der Waals surface area (Å²) in [6, 6.07) is 4.83. The summed E-state index contributed by atoms with van der Waals surface area (Å²) in [6.07, 6.45) is 6.55. The van der Waals surface area contributed by atoms with Gasteiger partial charge in [-0.15, -0.1) is 0 Å². The van der Waals surface area contributed by atoms with Crippen molar-refractivity contribution in [1.82, 2.24) is 9.97 Å². The number of carbonyl (C=O) groups excluding carboxylic acids is 1. The largest absolute Gasteiger partial charge is 0.393 e. The van der Waals surface area contributed by atoms with E-state index in [2.05, 4.69) is 15.3 Å². The van der Waals surface area contributed by atoms with E-state index in [-0.39, 0.29) is 45.3 Å². The Hall–Kier alpha value is -1.74. The molecule has 1 fully saturated rings. The fourth-order valence-corrected chi connectivity index (χ4v) is 5.31. The summed E-state index contributed by atoms with van der Waals surface area (Å²) in [4.78, 5) is 20.7. The Balaban J connectivity index is 1.84. The fraction of sp³-hybridized carbons (Fsp3) is 0.450. The van der Waals surface area contributed by atoms with Crippen LogP contribution in [0.4, 0.5) is 5.82 Å². The minimum atomic E-state index is -3.45. The van der Waals surface area contributed by atoms with Crippen LogP contribution in [-0.2, 0) is 14.6 Å². The number of benzene rings is 1. The van der Waals surface area contributed by atoms with E-state index in [0.717, 1.165) is 24.7 Å². The molecule has 1 amide bonds. The lowest BCUT2D eigenvalue weighted by Crippen LogP contribution is -2.26. The molecule has 1 aliphatic carbocycles. The van der Waals surface area contributed by atoms with E-state index in [1.807, 2.05) is 0 Å². The van der Waals surface area contributed by atoms with Crippen molar-refractivity contribution in [1.29, 1.82) is 0 Å². The third kappa shape index (κ3) is 5.91. The van der Waals surface area contributed by atoms with Crippen molar-refractivity contribution < 1.29 is 18.3 Å². The van der Waals surface area contributed by atoms with Crippen molar-refractivity contribution in [2.45, 2.75) is 49.0 Å². The van der Waals surface area contributed by atoms with Crippen LogP contribution in [0.3, 0.4) is 0 Å². The molecule has 0 saturated heterocycles. The van der Waals surface area contributed by atoms with Gasteiger partial charge in [-0.05, 0) is 55.2 Å². The van der Waals surface area contributed by atoms with Crippen molar-refractivity contribution >= 4 is 44.8 Å². The number of anilines is 1. The second kappa shape index (κ2) is 9.60. The van der Waals surface area contributed by atoms with Gasteiger partial charge in [0.15, 0.2) is 15.7 Å². The van der Waals surface area contributed by atoms with Crippen molar-refractivity contribution in [2.24, 2.45) is 5.92 Å². The third-order valence-corrected chi connectivity index (χ3v) is 7.16. The molecule has 30 heavy (non-hydrogen) atoms. The molecule has 2 N–H and O–H groups in total. The quantitative estimate of drug-likeness (QED) is 0.661. The first-order valence-corrected chi connectivity index (χ1v) is 12.2. The van der Waals surface area contributed by atoms with Gasteiger partial charge >= 0.3 is 0 Å². The molecule has 3 rings (SSSR count). The highest BCUT2D eigenvalue weighted by Crippen LogP contribution is 2.40. The van der Waals surface area contributed by atoms with Gasteiger partial charge in [0.05, 0.1) is 28.4 Å². The zero-order valence-corrected chi connectivity index (χ0v) is 18.7. The molecule has 1 aromatic heterocycles. The van der Waals surface area contributed by atoms with Crippen LogP contribution < -0.4 is 5.32 Å². The van der Waals surface area contributed by atoms with Crippen molar-refractivity contribution in [3.8, 4) is 0 Å². The first kappa shape index (κ1) is 22.9. The molecule has 1 aromatic carbocycles. The lowest BCUT2D eigenvalue weighted by atomic mass is 9.74. The zero-order chi connectivity index (χ0) is 21.9. The van der Waals surface area contributed by atoms with Gasteiger partial charge in [0.2, 0.25) is 5.91 Å². The summed E-state index contributed by atoms with van der Waals surface area (Å²) < 4.78 is 23.8. The number of hydrogen-bond acceptors (Lipinski definition) is 6. The number of amides is 1. The molecule has 0 bridgehead atoms. The number of carbonyl (C=O) groups is 1. The van der Waals surface area contributed by atoms with Crippen LogP contribution in [0.5, 0.6) is 0 Å². The van der Waals surface area contributed by atoms with Crippen LogP contribution in [0.2, 0.25) is 10.2 Å². The third-order valence-electron chi connectivity index (χ3n) is 5.39. The number of aliphatic hydroxyl groups is 1. The van der Waals surface area contributed by atoms with Gasteiger partial charge in [-0.25, -0.2) is 18.4 Å². The number of aromatic nitrogens is 2. The summed E-state index contributed by atoms with van der Waals surface area (Å²) in [6.45, 7) is 0. The van der Waals surface area contributed by atoms with Crippen LogP contribution in [-0.4, -0.2) is 41.8 Å². The maximum absolute atomic E-state index is 12.7. The Bertz CT molecular complexity index is 1010. The molecule has 1 atom stereocenters. The molecule has 162 valence electrons. The fourth-order valence-electron chi connectivity index (χ4n) is 3.88. The molecular weight excluding hydrogens is 449 g/mol. The van der Waals surface area contributed by atoms with Crippen LogP contribution in [0.15, 0.2) is 35.5 Å². The molecule has 1 aliphatic rings. The predicted octanol–water partition coefficient (Wildman–Crippen LogP) is 3.85. The molecule has 0 spiro atoms. The lowest BCUT2D eigenvalue weighted by Gasteiger charge is -2.32. The second-order valence-corrected chi connectivity index (χ2v) is 10.4. The molecule has 10 heteroatoms. The van der Waals surface area contributed by atoms with Crippen LogP contribution in [0, 0.1) is 5.92 Å². The Morgan fingerprint density at radius 1 is 1.20 bits per heavy atom. The topological polar surface area (TPSA) is 109 Å². The van der Waals surface area contributed by atoms with Gasteiger partial charge in [-0.3, -0.25) is 4.79 Å². The average Bonchev–Trinajstić information content (AvgIpc) is 2.68. The average molecular weight is 472 g/mol. The highest BCUT2D eigenvalue weighted by molar-refractivity contribution is 7.90. The standard InChI is InChI=1S/C20H23Cl2N3O4S/c1-30(28,29)17-7-4-13(8-16(17)21)15(12-2-5-14(26)6-3-12)9-20(27)25-19-11-23-18(22)10-24-19/h4,7-8,10-12,14-15,26H,2-3,5-6,9H2,1H3,(H,24,25,27)/t12?,14?,15-/m1/s1. The number of nitrogens with one attached hydrogen (secondary N) is 1. The normalized spacial score (nSPS) is 20.5. The number of hydrogen-bond donors (Lipinski definition) is 2. The number of halogens is 2. The van der Waals surface area contributed by atoms with Crippen molar-refractivity contribution in [3.05, 3.63) is 46.3 Å². The molecule has 0 unspecified atom stereocenters. The van der Waals surface area contributed by atoms with E-state index in [0.29, 0.717) is 18.7 Å². The van der Waals surface area contributed by atoms with E-state index >= 15 is 0 Å². The molecule has 7 nitrogen and oxygen atoms in total. The van der Waals surface area contributed by atoms with Crippen LogP contribution in [0.1, 0.15) is 43.6 Å². The van der Waals surface area contributed by atoms with E-state index in [1.165, 1.54) is 18.5 Å². The summed E-state index contributed by atoms with van der Waals surface area (Å²) in [5.74, 6) is 0.0400. The van der Waals surface area contributed by atoms with Crippen LogP contribution in [0.25, 0.3) is 0 Å². The highest BCUT2D eigenvalue weighted by Gasteiger charge is 2.30. The number of sulfone groups is 1. The monoisotopic (exact) mass is 471 g/mol. The molecule has 0 radical (unpaired) electrons. The first-order valence-electron chi connectivity index (χ1n) is 9.58. The number of aliphatic hydroxyl groups excluding tert-OH is 1. The van der Waals surface area contributed by atoms with E-state index in [4.69, 9.17) is 23.2 Å². The zero-order valence-electron chi connectivity index (χ0n) is 16.4. The number of rotatable bonds is 6. The van der Waals surface area contributed by atoms with E-state index in [1.54, 1.807) is 12.1 Å². The molecular formula is C20H23Cl2N3O4S. The summed E-state index contributed by atoms with van der Waals surface area (Å²) >= 11 is 12.0. The molecule has 0 aliphatic heterocycles. The predicted molar refractivity (Wildman–Crippen MR) is 116 cm³/mol. The minimum Gasteiger partial charge on any atom is -0.393 e. The Morgan fingerprint density at radius 2 is 1.90 bits per heavy atom. The second-order valence-electron chi connectivity index (χ2n) is 7.61. The highest BCUT2D eigenvalue weighted by atomic mass is 35.5. The maximum atomic E-state index is 12.7. The van der Waals surface area contributed by atoms with Gasteiger partial charge in [0.25, 0.3) is 0 Å². The van der Waals surface area contributed by atoms with Crippen molar-refractivity contribution in [3.63, 3.8) is 0 Å². The van der Waals surface area contributed by atoms with Gasteiger partial charge in [-0.2, -0.15) is 0 Å². The van der Waals surface area contributed by atoms with Gasteiger partial charge in [-0.1, -0.05) is 29.3 Å². The Morgan fingerprint density at radius 3 is 2.47 bits per heavy atom. The maximum Gasteiger partial charge on any atom is 0.226 e. The van der Waals surface area contributed by atoms with Gasteiger partial charge in [0, 0.05) is 12.7 Å². The lowest BCUT2D eigenvalue weighted by molar-refractivity contribution is -0.117. The first-order chi connectivity index (χ1) is 14.1. The summed E-state index contributed by atoms with van der Waals surface area (Å²) in [5.41, 5.74) is 0.797. The van der Waals surface area contributed by atoms with Crippen molar-refractivity contribution in [2.75, 3.05) is 11.6 Å². The van der Waals surface area contributed by atoms with Crippen LogP contribution >= 0.6 is 23.2 Å². The summed E-state index contributed by atoms with van der Waals surface area (Å²) in [7, 11) is -3.45. The Labute approximate surface area is 185 Å². The molecule has 2 aromatic rings. The SMILES string of the molecule is CS(=O)(=O)c1ccc([C@H](CC(=O)Nc2cnc(Cl)cn2)C2CCC(O)CC2)cc1Cl. The molecule has 1 heterocycles. The van der Waals surface area contributed by atoms with E-state index < -0.39 is 9.84 Å². The Kier molecular flexibility index (Phi) is 7.34.